The summed E-state index contributed by atoms with van der Waals surface area (Å²) in [6, 6.07) is -0.269. The normalized spacial score (nSPS) is 13.4. The van der Waals surface area contributed by atoms with Crippen LogP contribution < -0.4 is 10.6 Å². The molecule has 0 heterocycles. The van der Waals surface area contributed by atoms with E-state index in [-0.39, 0.29) is 24.3 Å². The Kier molecular flexibility index (Phi) is 6.27. The molecule has 0 saturated carbocycles. The van der Waals surface area contributed by atoms with Gasteiger partial charge in [-0.05, 0) is 27.2 Å². The molecule has 5 nitrogen and oxygen atoms in total. The number of ether oxygens (including phenoxy) is 1. The Morgan fingerprint density at radius 3 is 2.60 bits per heavy atom. The second-order valence-corrected chi connectivity index (χ2v) is 4.17. The lowest BCUT2D eigenvalue weighted by molar-refractivity contribution is -0.0390. The average Bonchev–Trinajstić information content (AvgIpc) is 2.15. The fourth-order valence-corrected chi connectivity index (χ4v) is 1.03. The van der Waals surface area contributed by atoms with Crippen LogP contribution in [0.2, 0.25) is 0 Å². The van der Waals surface area contributed by atoms with Gasteiger partial charge in [0.15, 0.2) is 0 Å². The summed E-state index contributed by atoms with van der Waals surface area (Å²) in [4.78, 5) is 11.0. The molecule has 1 atom stereocenters. The molecule has 0 radical (unpaired) electrons. The summed E-state index contributed by atoms with van der Waals surface area (Å²) >= 11 is 0. The zero-order valence-corrected chi connectivity index (χ0v) is 9.96. The number of aliphatic hydroxyl groups is 1. The molecule has 0 aliphatic carbocycles. The first kappa shape index (κ1) is 14.2. The number of nitrogens with one attached hydrogen (secondary N) is 2. The first-order chi connectivity index (χ1) is 6.91. The first-order valence-corrected chi connectivity index (χ1v) is 5.14. The van der Waals surface area contributed by atoms with Crippen LogP contribution in [0.15, 0.2) is 0 Å². The van der Waals surface area contributed by atoms with Crippen molar-refractivity contribution in [2.45, 2.75) is 38.8 Å². The standard InChI is InChI=1S/C10H22N2O3/c1-8(12-9(14)11-4)7-15-10(2,3)5-6-13/h8,13H,5-7H2,1-4H3,(H2,11,12,14). The lowest BCUT2D eigenvalue weighted by Gasteiger charge is -2.26. The molecule has 0 aliphatic heterocycles. The molecule has 0 fully saturated rings. The molecule has 3 N–H and O–H groups in total. The predicted octanol–water partition coefficient (Wildman–Crippen LogP) is 0.481. The van der Waals surface area contributed by atoms with Crippen LogP contribution >= 0.6 is 0 Å². The van der Waals surface area contributed by atoms with Crippen molar-refractivity contribution in [3.8, 4) is 0 Å². The molecule has 5 heteroatoms. The van der Waals surface area contributed by atoms with Crippen LogP contribution in [-0.4, -0.2) is 43.0 Å². The fraction of sp³-hybridized carbons (Fsp3) is 0.900. The highest BCUT2D eigenvalue weighted by Crippen LogP contribution is 2.13. The molecular formula is C10H22N2O3. The van der Waals surface area contributed by atoms with Crippen molar-refractivity contribution in [1.29, 1.82) is 0 Å². The molecule has 0 aromatic rings. The minimum absolute atomic E-state index is 0.0529. The summed E-state index contributed by atoms with van der Waals surface area (Å²) < 4.78 is 5.57. The molecular weight excluding hydrogens is 196 g/mol. The van der Waals surface area contributed by atoms with E-state index < -0.39 is 0 Å². The smallest absolute Gasteiger partial charge is 0.314 e. The second kappa shape index (κ2) is 6.63. The zero-order valence-electron chi connectivity index (χ0n) is 9.96. The highest BCUT2D eigenvalue weighted by Gasteiger charge is 2.19. The number of carbonyl (C=O) groups is 1. The lowest BCUT2D eigenvalue weighted by atomic mass is 10.1. The third-order valence-electron chi connectivity index (χ3n) is 2.04. The van der Waals surface area contributed by atoms with Gasteiger partial charge in [-0.25, -0.2) is 4.79 Å². The van der Waals surface area contributed by atoms with E-state index >= 15 is 0 Å². The van der Waals surface area contributed by atoms with Gasteiger partial charge in [0.25, 0.3) is 0 Å². The quantitative estimate of drug-likeness (QED) is 0.607. The van der Waals surface area contributed by atoms with Gasteiger partial charge in [-0.15, -0.1) is 0 Å². The van der Waals surface area contributed by atoms with E-state index in [9.17, 15) is 4.79 Å². The van der Waals surface area contributed by atoms with Gasteiger partial charge in [-0.3, -0.25) is 0 Å². The summed E-state index contributed by atoms with van der Waals surface area (Å²) in [7, 11) is 1.57. The summed E-state index contributed by atoms with van der Waals surface area (Å²) in [5.74, 6) is 0. The Morgan fingerprint density at radius 1 is 1.53 bits per heavy atom. The Hall–Kier alpha value is -0.810. The van der Waals surface area contributed by atoms with Crippen LogP contribution in [-0.2, 0) is 4.74 Å². The Balaban J connectivity index is 3.79. The second-order valence-electron chi connectivity index (χ2n) is 4.17. The SMILES string of the molecule is CNC(=O)NC(C)COC(C)(C)CCO. The Labute approximate surface area is 91.2 Å². The van der Waals surface area contributed by atoms with Gasteiger partial charge < -0.3 is 20.5 Å². The molecule has 0 bridgehead atoms. The minimum Gasteiger partial charge on any atom is -0.396 e. The molecule has 0 aromatic heterocycles. The number of carbonyl (C=O) groups excluding carboxylic acids is 1. The highest BCUT2D eigenvalue weighted by atomic mass is 16.5. The Morgan fingerprint density at radius 2 is 2.13 bits per heavy atom. The van der Waals surface area contributed by atoms with Gasteiger partial charge in [-0.2, -0.15) is 0 Å². The van der Waals surface area contributed by atoms with Crippen molar-refractivity contribution >= 4 is 6.03 Å². The third kappa shape index (κ3) is 7.16. The summed E-state index contributed by atoms with van der Waals surface area (Å²) in [5.41, 5.74) is -0.354. The lowest BCUT2D eigenvalue weighted by Crippen LogP contribution is -2.43. The van der Waals surface area contributed by atoms with Crippen molar-refractivity contribution < 1.29 is 14.6 Å². The summed E-state index contributed by atoms with van der Waals surface area (Å²) in [6.07, 6.45) is 0.583. The maximum Gasteiger partial charge on any atom is 0.314 e. The maximum absolute atomic E-state index is 11.0. The van der Waals surface area contributed by atoms with Crippen LogP contribution in [0.1, 0.15) is 27.2 Å². The van der Waals surface area contributed by atoms with Crippen molar-refractivity contribution in [3.05, 3.63) is 0 Å². The van der Waals surface area contributed by atoms with Gasteiger partial charge in [-0.1, -0.05) is 0 Å². The average molecular weight is 218 g/mol. The van der Waals surface area contributed by atoms with E-state index in [1.165, 1.54) is 0 Å². The van der Waals surface area contributed by atoms with Gasteiger partial charge in [0.2, 0.25) is 0 Å². The van der Waals surface area contributed by atoms with Gasteiger partial charge in [0.1, 0.15) is 0 Å². The van der Waals surface area contributed by atoms with E-state index in [4.69, 9.17) is 9.84 Å². The number of hydrogen-bond acceptors (Lipinski definition) is 3. The number of aliphatic hydroxyl groups excluding tert-OH is 1. The molecule has 0 spiro atoms. The number of rotatable bonds is 6. The van der Waals surface area contributed by atoms with E-state index in [0.29, 0.717) is 13.0 Å². The van der Waals surface area contributed by atoms with Crippen LogP contribution in [0, 0.1) is 0 Å². The van der Waals surface area contributed by atoms with E-state index in [0.717, 1.165) is 0 Å². The number of urea groups is 1. The molecule has 2 amide bonds. The third-order valence-corrected chi connectivity index (χ3v) is 2.04. The molecule has 0 saturated heterocycles. The van der Waals surface area contributed by atoms with Crippen molar-refractivity contribution in [3.63, 3.8) is 0 Å². The minimum atomic E-state index is -0.354. The summed E-state index contributed by atoms with van der Waals surface area (Å²) in [5, 5.41) is 14.0. The van der Waals surface area contributed by atoms with E-state index in [2.05, 4.69) is 10.6 Å². The van der Waals surface area contributed by atoms with Gasteiger partial charge in [0.05, 0.1) is 18.2 Å². The first-order valence-electron chi connectivity index (χ1n) is 5.14. The Bertz CT molecular complexity index is 195. The van der Waals surface area contributed by atoms with Crippen LogP contribution in [0.3, 0.4) is 0 Å². The maximum atomic E-state index is 11.0. The highest BCUT2D eigenvalue weighted by molar-refractivity contribution is 5.73. The molecule has 0 rings (SSSR count). The molecule has 0 aliphatic rings. The molecule has 0 aromatic carbocycles. The molecule has 15 heavy (non-hydrogen) atoms. The van der Waals surface area contributed by atoms with E-state index in [1.807, 2.05) is 20.8 Å². The monoisotopic (exact) mass is 218 g/mol. The van der Waals surface area contributed by atoms with Crippen LogP contribution in [0.5, 0.6) is 0 Å². The zero-order chi connectivity index (χ0) is 11.9. The largest absolute Gasteiger partial charge is 0.396 e. The fourth-order valence-electron chi connectivity index (χ4n) is 1.03. The number of amides is 2. The van der Waals surface area contributed by atoms with Crippen molar-refractivity contribution in [2.24, 2.45) is 0 Å². The number of hydrogen-bond donors (Lipinski definition) is 3. The van der Waals surface area contributed by atoms with Gasteiger partial charge in [0, 0.05) is 13.7 Å². The summed E-state index contributed by atoms with van der Waals surface area (Å²) in [6.45, 7) is 6.22. The molecule has 1 unspecified atom stereocenters. The van der Waals surface area contributed by atoms with E-state index in [1.54, 1.807) is 7.05 Å². The molecule has 90 valence electrons. The van der Waals surface area contributed by atoms with Crippen molar-refractivity contribution in [1.82, 2.24) is 10.6 Å². The van der Waals surface area contributed by atoms with Gasteiger partial charge >= 0.3 is 6.03 Å². The van der Waals surface area contributed by atoms with Crippen LogP contribution in [0.4, 0.5) is 4.79 Å². The predicted molar refractivity (Wildman–Crippen MR) is 58.8 cm³/mol. The van der Waals surface area contributed by atoms with Crippen molar-refractivity contribution in [2.75, 3.05) is 20.3 Å². The topological polar surface area (TPSA) is 70.6 Å². The van der Waals surface area contributed by atoms with Crippen LogP contribution in [0.25, 0.3) is 0 Å².